The number of esters is 3. The number of carbonyl (C=O) groups is 6. The lowest BCUT2D eigenvalue weighted by Crippen LogP contribution is -2.39. The summed E-state index contributed by atoms with van der Waals surface area (Å²) in [6.45, 7) is 8.85. The van der Waals surface area contributed by atoms with Crippen LogP contribution in [0.5, 0.6) is 0 Å². The van der Waals surface area contributed by atoms with Gasteiger partial charge >= 0.3 is 17.9 Å². The van der Waals surface area contributed by atoms with E-state index < -0.39 is 18.0 Å². The average Bonchev–Trinajstić information content (AvgIpc) is 3.75. The van der Waals surface area contributed by atoms with Crippen LogP contribution in [0.2, 0.25) is 0 Å². The Morgan fingerprint density at radius 1 is 0.600 bits per heavy atom. The van der Waals surface area contributed by atoms with Gasteiger partial charge in [0.2, 0.25) is 17.7 Å². The number of rotatable bonds is 44. The fourth-order valence-electron chi connectivity index (χ4n) is 7.11. The molecule has 0 saturated heterocycles. The maximum Gasteiger partial charge on any atom is 0.327 e. The molecule has 1 heterocycles. The summed E-state index contributed by atoms with van der Waals surface area (Å²) in [5, 5.41) is 13.6. The van der Waals surface area contributed by atoms with Crippen LogP contribution in [0.25, 0.3) is 0 Å². The highest BCUT2D eigenvalue weighted by Gasteiger charge is 2.20. The Labute approximate surface area is 396 Å². The van der Waals surface area contributed by atoms with E-state index in [2.05, 4.69) is 34.8 Å². The molecule has 0 bridgehead atoms. The first-order valence-electron chi connectivity index (χ1n) is 25.4. The number of hydrogen-bond donors (Lipinski definition) is 2. The number of nitrogens with one attached hydrogen (secondary N) is 2. The molecule has 0 saturated carbocycles. The van der Waals surface area contributed by atoms with Crippen molar-refractivity contribution < 1.29 is 43.0 Å². The lowest BCUT2D eigenvalue weighted by atomic mass is 10.1. The SMILES string of the molecule is CCCCCCCCCCCCCC(=O)OCC(COC(=O)Cn1cc(CNC(=O)CCSCCN(CCNC(=O)CC)C(=O)CC)nn1)OC(=O)CCCCCCCCCCCCC. The van der Waals surface area contributed by atoms with Gasteiger partial charge in [-0.1, -0.05) is 161 Å². The van der Waals surface area contributed by atoms with Gasteiger partial charge in [-0.25, -0.2) is 4.68 Å². The molecule has 0 aliphatic rings. The molecular formula is C49H88N6O9S. The number of amides is 3. The topological polar surface area (TPSA) is 188 Å². The van der Waals surface area contributed by atoms with Crippen LogP contribution in [0.4, 0.5) is 0 Å². The fourth-order valence-corrected chi connectivity index (χ4v) is 7.99. The van der Waals surface area contributed by atoms with Crippen molar-refractivity contribution in [2.75, 3.05) is 44.4 Å². The van der Waals surface area contributed by atoms with Crippen LogP contribution in [0.3, 0.4) is 0 Å². The van der Waals surface area contributed by atoms with E-state index in [1.165, 1.54) is 101 Å². The summed E-state index contributed by atoms with van der Waals surface area (Å²) in [6, 6.07) is 0. The standard InChI is InChI=1S/C49H88N6O9S/c1-5-9-11-13-15-17-19-21-23-25-27-29-47(59)62-40-43(64-48(60)30-28-26-24-22-20-18-16-14-12-10-6-2)41-63-49(61)39-55-38-42(52-53-55)37-51-45(57)31-35-65-36-34-54(46(58)8-4)33-32-50-44(56)7-3/h38,43H,5-37,39-41H2,1-4H3,(H,50,56)(H,51,57). The molecule has 15 nitrogen and oxygen atoms in total. The quantitative estimate of drug-likeness (QED) is 0.0359. The van der Waals surface area contributed by atoms with Crippen LogP contribution in [0.15, 0.2) is 6.20 Å². The molecule has 16 heteroatoms. The molecule has 0 spiro atoms. The van der Waals surface area contributed by atoms with Crippen molar-refractivity contribution in [2.24, 2.45) is 0 Å². The second kappa shape index (κ2) is 41.7. The number of ether oxygens (including phenoxy) is 3. The van der Waals surface area contributed by atoms with Crippen molar-refractivity contribution >= 4 is 47.4 Å². The van der Waals surface area contributed by atoms with E-state index in [1.807, 2.05) is 0 Å². The van der Waals surface area contributed by atoms with Crippen LogP contribution in [-0.2, 0) is 56.1 Å². The summed E-state index contributed by atoms with van der Waals surface area (Å²) in [4.78, 5) is 76.2. The zero-order chi connectivity index (χ0) is 47.6. The van der Waals surface area contributed by atoms with Crippen molar-refractivity contribution in [3.8, 4) is 0 Å². The number of aromatic nitrogens is 3. The Kier molecular flexibility index (Phi) is 38.1. The van der Waals surface area contributed by atoms with Crippen LogP contribution in [-0.4, -0.2) is 106 Å². The van der Waals surface area contributed by atoms with Crippen molar-refractivity contribution in [3.63, 3.8) is 0 Å². The van der Waals surface area contributed by atoms with Crippen molar-refractivity contribution in [1.82, 2.24) is 30.5 Å². The van der Waals surface area contributed by atoms with Crippen LogP contribution < -0.4 is 10.6 Å². The third kappa shape index (κ3) is 35.2. The number of unbranched alkanes of at least 4 members (excludes halogenated alkanes) is 20. The molecular weight excluding hydrogens is 849 g/mol. The summed E-state index contributed by atoms with van der Waals surface area (Å²) in [6.07, 6.45) is 28.1. The Balaban J connectivity index is 2.49. The van der Waals surface area contributed by atoms with E-state index in [9.17, 15) is 28.8 Å². The highest BCUT2D eigenvalue weighted by molar-refractivity contribution is 7.99. The van der Waals surface area contributed by atoms with E-state index in [1.54, 1.807) is 36.7 Å². The molecule has 0 aliphatic heterocycles. The van der Waals surface area contributed by atoms with E-state index >= 15 is 0 Å². The summed E-state index contributed by atoms with van der Waals surface area (Å²) >= 11 is 1.57. The molecule has 1 aromatic heterocycles. The number of thioether (sulfide) groups is 1. The van der Waals surface area contributed by atoms with Crippen molar-refractivity contribution in [1.29, 1.82) is 0 Å². The molecule has 1 unspecified atom stereocenters. The lowest BCUT2D eigenvalue weighted by Gasteiger charge is -2.22. The minimum Gasteiger partial charge on any atom is -0.462 e. The Morgan fingerprint density at radius 2 is 1.12 bits per heavy atom. The zero-order valence-corrected chi connectivity index (χ0v) is 41.8. The van der Waals surface area contributed by atoms with Gasteiger partial charge in [0.1, 0.15) is 25.5 Å². The van der Waals surface area contributed by atoms with Gasteiger partial charge < -0.3 is 29.7 Å². The van der Waals surface area contributed by atoms with Crippen LogP contribution in [0.1, 0.15) is 207 Å². The fraction of sp³-hybridized carbons (Fsp3) is 0.837. The van der Waals surface area contributed by atoms with Crippen molar-refractivity contribution in [2.45, 2.75) is 220 Å². The molecule has 0 aliphatic carbocycles. The van der Waals surface area contributed by atoms with Gasteiger partial charge in [0, 0.05) is 63.2 Å². The molecule has 0 radical (unpaired) electrons. The summed E-state index contributed by atoms with van der Waals surface area (Å²) < 4.78 is 17.9. The smallest absolute Gasteiger partial charge is 0.327 e. The zero-order valence-electron chi connectivity index (χ0n) is 41.0. The summed E-state index contributed by atoms with van der Waals surface area (Å²) in [5.74, 6) is -0.371. The van der Waals surface area contributed by atoms with Gasteiger partial charge in [0.15, 0.2) is 6.10 Å². The van der Waals surface area contributed by atoms with E-state index in [0.29, 0.717) is 56.1 Å². The molecule has 0 fully saturated rings. The second-order valence-electron chi connectivity index (χ2n) is 17.0. The summed E-state index contributed by atoms with van der Waals surface area (Å²) in [5.41, 5.74) is 0.460. The first kappa shape index (κ1) is 59.3. The molecule has 1 rings (SSSR count). The predicted octanol–water partition coefficient (Wildman–Crippen LogP) is 9.18. The molecule has 65 heavy (non-hydrogen) atoms. The first-order valence-corrected chi connectivity index (χ1v) is 26.6. The Morgan fingerprint density at radius 3 is 1.66 bits per heavy atom. The number of nitrogens with zero attached hydrogens (tertiary/aromatic N) is 4. The lowest BCUT2D eigenvalue weighted by molar-refractivity contribution is -0.167. The maximum absolute atomic E-state index is 12.8. The molecule has 3 amide bonds. The summed E-state index contributed by atoms with van der Waals surface area (Å²) in [7, 11) is 0. The van der Waals surface area contributed by atoms with E-state index in [0.717, 1.165) is 38.5 Å². The molecule has 1 aromatic rings. The van der Waals surface area contributed by atoms with Crippen LogP contribution in [0, 0.1) is 0 Å². The highest BCUT2D eigenvalue weighted by Crippen LogP contribution is 2.15. The van der Waals surface area contributed by atoms with Gasteiger partial charge in [-0.15, -0.1) is 5.10 Å². The first-order chi connectivity index (χ1) is 31.6. The number of hydrogen-bond acceptors (Lipinski definition) is 12. The molecule has 374 valence electrons. The average molecular weight is 937 g/mol. The van der Waals surface area contributed by atoms with E-state index in [-0.39, 0.29) is 69.3 Å². The predicted molar refractivity (Wildman–Crippen MR) is 258 cm³/mol. The highest BCUT2D eigenvalue weighted by atomic mass is 32.2. The van der Waals surface area contributed by atoms with Gasteiger partial charge in [0.25, 0.3) is 0 Å². The van der Waals surface area contributed by atoms with Gasteiger partial charge in [-0.05, 0) is 12.8 Å². The molecule has 2 N–H and O–H groups in total. The van der Waals surface area contributed by atoms with Gasteiger partial charge in [0.05, 0.1) is 12.7 Å². The third-order valence-electron chi connectivity index (χ3n) is 11.1. The van der Waals surface area contributed by atoms with Gasteiger partial charge in [-0.2, -0.15) is 11.8 Å². The monoisotopic (exact) mass is 937 g/mol. The maximum atomic E-state index is 12.8. The molecule has 0 aromatic carbocycles. The van der Waals surface area contributed by atoms with Crippen molar-refractivity contribution in [3.05, 3.63) is 11.9 Å². The Hall–Kier alpha value is -3.69. The third-order valence-corrected chi connectivity index (χ3v) is 12.1. The molecule has 1 atom stereocenters. The second-order valence-corrected chi connectivity index (χ2v) is 18.3. The largest absolute Gasteiger partial charge is 0.462 e. The minimum absolute atomic E-state index is 0.0213. The van der Waals surface area contributed by atoms with Crippen LogP contribution >= 0.6 is 11.8 Å². The Bertz CT molecular complexity index is 1410. The van der Waals surface area contributed by atoms with Gasteiger partial charge in [-0.3, -0.25) is 28.8 Å². The minimum atomic E-state index is -0.933. The van der Waals surface area contributed by atoms with E-state index in [4.69, 9.17) is 14.2 Å². The number of carbonyl (C=O) groups excluding carboxylic acids is 6. The normalized spacial score (nSPS) is 11.5.